The first-order valence-corrected chi connectivity index (χ1v) is 7.28. The summed E-state index contributed by atoms with van der Waals surface area (Å²) < 4.78 is 1.28. The molecule has 0 unspecified atom stereocenters. The third-order valence-electron chi connectivity index (χ3n) is 3.18. The fraction of sp³-hybridized carbons (Fsp3) is 0.250. The quantitative estimate of drug-likeness (QED) is 0.803. The Morgan fingerprint density at radius 2 is 1.72 bits per heavy atom. The molecule has 0 saturated carbocycles. The molecular weight excluding hydrogens is 333 g/mol. The lowest BCUT2D eigenvalue weighted by Gasteiger charge is -2.16. The summed E-state index contributed by atoms with van der Waals surface area (Å²) in [4.78, 5) is 0. The van der Waals surface area contributed by atoms with Crippen molar-refractivity contribution in [2.75, 3.05) is 0 Å². The van der Waals surface area contributed by atoms with Crippen LogP contribution in [0.2, 0.25) is 0 Å². The summed E-state index contributed by atoms with van der Waals surface area (Å²) in [6.07, 6.45) is 0. The van der Waals surface area contributed by atoms with E-state index in [1.807, 2.05) is 0 Å². The predicted octanol–water partition coefficient (Wildman–Crippen LogP) is 4.45. The van der Waals surface area contributed by atoms with E-state index in [1.165, 1.54) is 20.3 Å². The van der Waals surface area contributed by atoms with E-state index in [0.29, 0.717) is 6.04 Å². The number of aryl methyl sites for hydroxylation is 1. The molecule has 0 bridgehead atoms. The Balaban J connectivity index is 1.98. The molecule has 2 heteroatoms. The Kier molecular flexibility index (Phi) is 4.78. The zero-order valence-corrected chi connectivity index (χ0v) is 12.9. The average Bonchev–Trinajstić information content (AvgIpc) is 2.38. The van der Waals surface area contributed by atoms with Gasteiger partial charge in [0.15, 0.2) is 0 Å². The summed E-state index contributed by atoms with van der Waals surface area (Å²) in [6, 6.07) is 17.6. The van der Waals surface area contributed by atoms with Crippen LogP contribution < -0.4 is 5.32 Å². The summed E-state index contributed by atoms with van der Waals surface area (Å²) in [5.41, 5.74) is 4.05. The molecule has 2 aromatic rings. The van der Waals surface area contributed by atoms with Crippen molar-refractivity contribution in [3.05, 3.63) is 68.8 Å². The van der Waals surface area contributed by atoms with Crippen molar-refractivity contribution in [3.8, 4) is 0 Å². The zero-order valence-electron chi connectivity index (χ0n) is 10.8. The summed E-state index contributed by atoms with van der Waals surface area (Å²) in [5, 5.41) is 3.57. The number of halogens is 1. The van der Waals surface area contributed by atoms with E-state index in [1.54, 1.807) is 0 Å². The van der Waals surface area contributed by atoms with Crippen molar-refractivity contribution in [2.24, 2.45) is 0 Å². The van der Waals surface area contributed by atoms with Gasteiger partial charge >= 0.3 is 0 Å². The van der Waals surface area contributed by atoms with E-state index in [0.717, 1.165) is 6.54 Å². The lowest BCUT2D eigenvalue weighted by Crippen LogP contribution is -2.18. The highest BCUT2D eigenvalue weighted by Gasteiger charge is 2.06. The van der Waals surface area contributed by atoms with Crippen molar-refractivity contribution in [2.45, 2.75) is 26.4 Å². The molecular formula is C16H18IN. The van der Waals surface area contributed by atoms with E-state index in [4.69, 9.17) is 0 Å². The maximum absolute atomic E-state index is 3.57. The molecule has 0 aliphatic heterocycles. The van der Waals surface area contributed by atoms with Crippen molar-refractivity contribution >= 4 is 22.6 Å². The molecule has 18 heavy (non-hydrogen) atoms. The second-order valence-corrected chi connectivity index (χ2v) is 5.83. The monoisotopic (exact) mass is 351 g/mol. The second kappa shape index (κ2) is 6.34. The average molecular weight is 351 g/mol. The van der Waals surface area contributed by atoms with Gasteiger partial charge in [-0.2, -0.15) is 0 Å². The Morgan fingerprint density at radius 3 is 2.39 bits per heavy atom. The Labute approximate surface area is 123 Å². The highest BCUT2D eigenvalue weighted by molar-refractivity contribution is 14.1. The summed E-state index contributed by atoms with van der Waals surface area (Å²) in [6.45, 7) is 5.29. The first kappa shape index (κ1) is 13.6. The summed E-state index contributed by atoms with van der Waals surface area (Å²) in [5.74, 6) is 0. The molecule has 1 N–H and O–H groups in total. The van der Waals surface area contributed by atoms with Crippen LogP contribution in [0.5, 0.6) is 0 Å². The molecule has 0 heterocycles. The molecule has 0 aliphatic carbocycles. The molecule has 2 aromatic carbocycles. The predicted molar refractivity (Wildman–Crippen MR) is 85.6 cm³/mol. The standard InChI is InChI=1S/C16H18IN/c1-12-5-3-4-6-16(12)13(2)18-11-14-7-9-15(17)10-8-14/h3-10,13,18H,11H2,1-2H3/t13-/m1/s1. The molecule has 0 aromatic heterocycles. The third kappa shape index (κ3) is 3.56. The van der Waals surface area contributed by atoms with Gasteiger partial charge in [-0.25, -0.2) is 0 Å². The summed E-state index contributed by atoms with van der Waals surface area (Å²) in [7, 11) is 0. The molecule has 1 atom stereocenters. The van der Waals surface area contributed by atoms with Crippen LogP contribution >= 0.6 is 22.6 Å². The normalized spacial score (nSPS) is 12.4. The van der Waals surface area contributed by atoms with Crippen molar-refractivity contribution < 1.29 is 0 Å². The maximum Gasteiger partial charge on any atom is 0.0297 e. The van der Waals surface area contributed by atoms with Crippen LogP contribution in [0.3, 0.4) is 0 Å². The SMILES string of the molecule is Cc1ccccc1[C@@H](C)NCc1ccc(I)cc1. The van der Waals surface area contributed by atoms with Gasteiger partial charge in [-0.3, -0.25) is 0 Å². The minimum atomic E-state index is 0.380. The maximum atomic E-state index is 3.57. The van der Waals surface area contributed by atoms with Gasteiger partial charge < -0.3 is 5.32 Å². The molecule has 0 fully saturated rings. The van der Waals surface area contributed by atoms with Gasteiger partial charge in [0.1, 0.15) is 0 Å². The van der Waals surface area contributed by atoms with E-state index >= 15 is 0 Å². The van der Waals surface area contributed by atoms with E-state index < -0.39 is 0 Å². The van der Waals surface area contributed by atoms with Gasteiger partial charge in [-0.15, -0.1) is 0 Å². The van der Waals surface area contributed by atoms with Crippen LogP contribution in [-0.4, -0.2) is 0 Å². The van der Waals surface area contributed by atoms with Gasteiger partial charge in [-0.05, 0) is 65.3 Å². The smallest absolute Gasteiger partial charge is 0.0297 e. The highest BCUT2D eigenvalue weighted by Crippen LogP contribution is 2.17. The number of benzene rings is 2. The second-order valence-electron chi connectivity index (χ2n) is 4.59. The molecule has 0 radical (unpaired) electrons. The lowest BCUT2D eigenvalue weighted by molar-refractivity contribution is 0.572. The lowest BCUT2D eigenvalue weighted by atomic mass is 10.0. The topological polar surface area (TPSA) is 12.0 Å². The van der Waals surface area contributed by atoms with Gasteiger partial charge in [0.25, 0.3) is 0 Å². The third-order valence-corrected chi connectivity index (χ3v) is 3.90. The number of hydrogen-bond acceptors (Lipinski definition) is 1. The van der Waals surface area contributed by atoms with E-state index in [2.05, 4.69) is 90.3 Å². The van der Waals surface area contributed by atoms with E-state index in [9.17, 15) is 0 Å². The van der Waals surface area contributed by atoms with Gasteiger partial charge in [0.2, 0.25) is 0 Å². The Bertz CT molecular complexity index is 505. The van der Waals surface area contributed by atoms with Crippen molar-refractivity contribution in [1.29, 1.82) is 0 Å². The van der Waals surface area contributed by atoms with Crippen LogP contribution in [0.25, 0.3) is 0 Å². The molecule has 0 amide bonds. The minimum absolute atomic E-state index is 0.380. The largest absolute Gasteiger partial charge is 0.306 e. The molecule has 1 nitrogen and oxygen atoms in total. The number of nitrogens with one attached hydrogen (secondary N) is 1. The van der Waals surface area contributed by atoms with E-state index in [-0.39, 0.29) is 0 Å². The minimum Gasteiger partial charge on any atom is -0.306 e. The first-order chi connectivity index (χ1) is 8.66. The van der Waals surface area contributed by atoms with Crippen molar-refractivity contribution in [1.82, 2.24) is 5.32 Å². The van der Waals surface area contributed by atoms with Crippen LogP contribution in [-0.2, 0) is 6.54 Å². The Morgan fingerprint density at radius 1 is 1.06 bits per heavy atom. The first-order valence-electron chi connectivity index (χ1n) is 6.20. The van der Waals surface area contributed by atoms with Gasteiger partial charge in [0, 0.05) is 16.2 Å². The Hall–Kier alpha value is -0.870. The number of hydrogen-bond donors (Lipinski definition) is 1. The van der Waals surface area contributed by atoms with Crippen LogP contribution in [0, 0.1) is 10.5 Å². The molecule has 0 spiro atoms. The van der Waals surface area contributed by atoms with Crippen molar-refractivity contribution in [3.63, 3.8) is 0 Å². The fourth-order valence-corrected chi connectivity index (χ4v) is 2.42. The zero-order chi connectivity index (χ0) is 13.0. The molecule has 94 valence electrons. The van der Waals surface area contributed by atoms with Crippen LogP contribution in [0.15, 0.2) is 48.5 Å². The van der Waals surface area contributed by atoms with Gasteiger partial charge in [0.05, 0.1) is 0 Å². The molecule has 0 aliphatic rings. The fourth-order valence-electron chi connectivity index (χ4n) is 2.06. The van der Waals surface area contributed by atoms with Crippen LogP contribution in [0.1, 0.15) is 29.7 Å². The number of rotatable bonds is 4. The summed E-state index contributed by atoms with van der Waals surface area (Å²) >= 11 is 2.33. The molecule has 2 rings (SSSR count). The highest BCUT2D eigenvalue weighted by atomic mass is 127. The molecule has 0 saturated heterocycles. The van der Waals surface area contributed by atoms with Gasteiger partial charge in [-0.1, -0.05) is 36.4 Å². The van der Waals surface area contributed by atoms with Crippen LogP contribution in [0.4, 0.5) is 0 Å².